The molecule has 0 unspecified atom stereocenters. The molecule has 1 aliphatic heterocycles. The van der Waals surface area contributed by atoms with Gasteiger partial charge in [0, 0.05) is 18.8 Å². The lowest BCUT2D eigenvalue weighted by Gasteiger charge is -2.40. The van der Waals surface area contributed by atoms with Crippen molar-refractivity contribution in [2.75, 3.05) is 20.3 Å². The first-order chi connectivity index (χ1) is 17.0. The van der Waals surface area contributed by atoms with Crippen LogP contribution in [0, 0.1) is 11.8 Å². The molecule has 7 heteroatoms. The highest BCUT2D eigenvalue weighted by molar-refractivity contribution is 6.74. The summed E-state index contributed by atoms with van der Waals surface area (Å²) in [5.41, 5.74) is 0. The highest BCUT2D eigenvalue weighted by Gasteiger charge is 2.58. The smallest absolute Gasteiger partial charge is 0.305 e. The largest absolute Gasteiger partial charge is 0.469 e. The fourth-order valence-corrected chi connectivity index (χ4v) is 6.33. The molecule has 1 aliphatic carbocycles. The van der Waals surface area contributed by atoms with Crippen LogP contribution in [0.25, 0.3) is 0 Å². The van der Waals surface area contributed by atoms with Crippen molar-refractivity contribution in [1.82, 2.24) is 0 Å². The molecule has 6 nitrogen and oxygen atoms in total. The summed E-state index contributed by atoms with van der Waals surface area (Å²) >= 11 is 0. The lowest BCUT2D eigenvalue weighted by atomic mass is 9.88. The SMILES string of the molecule is CCCCC[C@H](O)/C=C/[C@@H]1[C@@H](C/C=C\CCCC(=O)OC)[C@@H](O[Si](C)(C)C(C)(C)C)CC12OCCO2. The average molecular weight is 525 g/mol. The number of hydrogen-bond acceptors (Lipinski definition) is 6. The lowest BCUT2D eigenvalue weighted by molar-refractivity contribution is -0.176. The van der Waals surface area contributed by atoms with Crippen LogP contribution in [0.3, 0.4) is 0 Å². The molecule has 208 valence electrons. The molecule has 0 bridgehead atoms. The third-order valence-electron chi connectivity index (χ3n) is 8.16. The Labute approximate surface area is 220 Å². The molecule has 2 aliphatic rings. The molecular formula is C29H52O6Si. The van der Waals surface area contributed by atoms with E-state index in [0.29, 0.717) is 26.1 Å². The van der Waals surface area contributed by atoms with Crippen LogP contribution >= 0.6 is 0 Å². The maximum atomic E-state index is 11.4. The van der Waals surface area contributed by atoms with E-state index in [4.69, 9.17) is 18.6 Å². The molecule has 1 N–H and O–H groups in total. The minimum Gasteiger partial charge on any atom is -0.469 e. The van der Waals surface area contributed by atoms with Crippen molar-refractivity contribution >= 4 is 14.3 Å². The van der Waals surface area contributed by atoms with E-state index in [1.165, 1.54) is 7.11 Å². The minimum atomic E-state index is -2.01. The number of aliphatic hydroxyl groups excluding tert-OH is 1. The van der Waals surface area contributed by atoms with Crippen molar-refractivity contribution in [2.24, 2.45) is 11.8 Å². The standard InChI is InChI=1S/C29H52O6Si/c1-8-9-12-15-23(30)18-19-25-24(16-13-10-11-14-17-27(31)32-5)26(22-29(25)33-20-21-34-29)35-36(6,7)28(2,3)4/h10,13,18-19,23-26,30H,8-9,11-12,14-17,20-22H2,1-7H3/b13-10-,19-18+/t23-,24+,25+,26-/m0/s1. The number of allylic oxidation sites excluding steroid dienone is 2. The Hall–Kier alpha value is -0.993. The molecule has 0 amide bonds. The van der Waals surface area contributed by atoms with E-state index < -0.39 is 20.2 Å². The van der Waals surface area contributed by atoms with Gasteiger partial charge in [0.25, 0.3) is 0 Å². The fourth-order valence-electron chi connectivity index (χ4n) is 4.96. The predicted molar refractivity (Wildman–Crippen MR) is 147 cm³/mol. The third kappa shape index (κ3) is 8.79. The number of unbranched alkanes of at least 4 members (excludes halogenated alkanes) is 3. The summed E-state index contributed by atoms with van der Waals surface area (Å²) in [4.78, 5) is 11.4. The molecule has 36 heavy (non-hydrogen) atoms. The Kier molecular flexibility index (Phi) is 12.4. The second kappa shape index (κ2) is 14.2. The van der Waals surface area contributed by atoms with Crippen LogP contribution in [0.5, 0.6) is 0 Å². The van der Waals surface area contributed by atoms with Crippen molar-refractivity contribution in [1.29, 1.82) is 0 Å². The van der Waals surface area contributed by atoms with E-state index in [1.54, 1.807) is 0 Å². The van der Waals surface area contributed by atoms with Gasteiger partial charge in [-0.1, -0.05) is 71.3 Å². The molecule has 0 aromatic heterocycles. The molecule has 0 aromatic rings. The number of ether oxygens (including phenoxy) is 3. The lowest BCUT2D eigenvalue weighted by Crippen LogP contribution is -2.45. The number of methoxy groups -OCH3 is 1. The third-order valence-corrected chi connectivity index (χ3v) is 12.7. The zero-order valence-corrected chi connectivity index (χ0v) is 24.9. The van der Waals surface area contributed by atoms with E-state index in [1.807, 2.05) is 6.08 Å². The van der Waals surface area contributed by atoms with Gasteiger partial charge in [0.05, 0.1) is 32.5 Å². The Balaban J connectivity index is 2.22. The first kappa shape index (κ1) is 31.2. The van der Waals surface area contributed by atoms with Gasteiger partial charge in [-0.3, -0.25) is 4.79 Å². The molecule has 0 radical (unpaired) electrons. The summed E-state index contributed by atoms with van der Waals surface area (Å²) in [7, 11) is -0.584. The second-order valence-corrected chi connectivity index (χ2v) is 16.7. The van der Waals surface area contributed by atoms with Gasteiger partial charge < -0.3 is 23.7 Å². The molecule has 1 heterocycles. The average Bonchev–Trinajstić information content (AvgIpc) is 3.38. The zero-order valence-electron chi connectivity index (χ0n) is 23.9. The quantitative estimate of drug-likeness (QED) is 0.120. The summed E-state index contributed by atoms with van der Waals surface area (Å²) in [6.07, 6.45) is 15.7. The number of rotatable bonds is 14. The second-order valence-electron chi connectivity index (χ2n) is 11.9. The normalized spacial score (nSPS) is 25.4. The van der Waals surface area contributed by atoms with Crippen molar-refractivity contribution < 1.29 is 28.5 Å². The van der Waals surface area contributed by atoms with Crippen LogP contribution < -0.4 is 0 Å². The van der Waals surface area contributed by atoms with Crippen LogP contribution in [0.1, 0.15) is 85.5 Å². The fraction of sp³-hybridized carbons (Fsp3) is 0.828. The molecule has 1 spiro atoms. The van der Waals surface area contributed by atoms with Crippen molar-refractivity contribution in [3.8, 4) is 0 Å². The Bertz CT molecular complexity index is 720. The van der Waals surface area contributed by atoms with Gasteiger partial charge in [-0.25, -0.2) is 0 Å². The van der Waals surface area contributed by atoms with Gasteiger partial charge in [0.1, 0.15) is 0 Å². The number of hydrogen-bond donors (Lipinski definition) is 1. The molecule has 0 aromatic carbocycles. The monoisotopic (exact) mass is 524 g/mol. The van der Waals surface area contributed by atoms with Gasteiger partial charge in [0.15, 0.2) is 14.1 Å². The predicted octanol–water partition coefficient (Wildman–Crippen LogP) is 6.54. The molecule has 1 saturated carbocycles. The molecule has 2 fully saturated rings. The van der Waals surface area contributed by atoms with Crippen LogP contribution in [0.4, 0.5) is 0 Å². The van der Waals surface area contributed by atoms with Gasteiger partial charge in [0.2, 0.25) is 0 Å². The van der Waals surface area contributed by atoms with E-state index in [9.17, 15) is 9.90 Å². The van der Waals surface area contributed by atoms with Crippen molar-refractivity contribution in [3.63, 3.8) is 0 Å². The topological polar surface area (TPSA) is 74.2 Å². The summed E-state index contributed by atoms with van der Waals surface area (Å²) in [5.74, 6) is -0.651. The van der Waals surface area contributed by atoms with Crippen LogP contribution in [0.2, 0.25) is 18.1 Å². The summed E-state index contributed by atoms with van der Waals surface area (Å²) in [5, 5.41) is 10.7. The Morgan fingerprint density at radius 1 is 1.17 bits per heavy atom. The minimum absolute atomic E-state index is 0.00955. The highest BCUT2D eigenvalue weighted by atomic mass is 28.4. The molecular weight excluding hydrogens is 472 g/mol. The van der Waals surface area contributed by atoms with E-state index in [2.05, 4.69) is 59.0 Å². The number of carbonyl (C=O) groups is 1. The highest BCUT2D eigenvalue weighted by Crippen LogP contribution is 2.51. The summed E-state index contributed by atoms with van der Waals surface area (Å²) < 4.78 is 24.3. The first-order valence-electron chi connectivity index (χ1n) is 14.0. The zero-order chi connectivity index (χ0) is 26.8. The Morgan fingerprint density at radius 3 is 2.47 bits per heavy atom. The molecule has 4 atom stereocenters. The first-order valence-corrected chi connectivity index (χ1v) is 16.9. The summed E-state index contributed by atoms with van der Waals surface area (Å²) in [6.45, 7) is 14.8. The molecule has 1 saturated heterocycles. The number of aliphatic hydroxyl groups is 1. The van der Waals surface area contributed by atoms with Gasteiger partial charge in [-0.2, -0.15) is 0 Å². The van der Waals surface area contributed by atoms with Gasteiger partial charge >= 0.3 is 5.97 Å². The van der Waals surface area contributed by atoms with E-state index >= 15 is 0 Å². The van der Waals surface area contributed by atoms with Crippen molar-refractivity contribution in [2.45, 2.75) is 122 Å². The van der Waals surface area contributed by atoms with E-state index in [0.717, 1.165) is 44.9 Å². The van der Waals surface area contributed by atoms with Crippen molar-refractivity contribution in [3.05, 3.63) is 24.3 Å². The van der Waals surface area contributed by atoms with Crippen LogP contribution in [-0.2, 0) is 23.4 Å². The van der Waals surface area contributed by atoms with Crippen LogP contribution in [-0.4, -0.2) is 57.7 Å². The van der Waals surface area contributed by atoms with E-state index in [-0.39, 0.29) is 28.9 Å². The number of esters is 1. The number of carbonyl (C=O) groups excluding carboxylic acids is 1. The maximum Gasteiger partial charge on any atom is 0.305 e. The maximum absolute atomic E-state index is 11.4. The van der Waals surface area contributed by atoms with Gasteiger partial charge in [-0.05, 0) is 49.7 Å². The Morgan fingerprint density at radius 2 is 1.86 bits per heavy atom. The van der Waals surface area contributed by atoms with Gasteiger partial charge in [-0.15, -0.1) is 0 Å². The summed E-state index contributed by atoms with van der Waals surface area (Å²) in [6, 6.07) is 0. The van der Waals surface area contributed by atoms with Crippen LogP contribution in [0.15, 0.2) is 24.3 Å². The molecule has 2 rings (SSSR count).